The Bertz CT molecular complexity index is 1080. The number of nitrogens with one attached hydrogen (secondary N) is 1. The number of rotatable bonds is 5. The van der Waals surface area contributed by atoms with Crippen molar-refractivity contribution in [2.24, 2.45) is 0 Å². The smallest absolute Gasteiger partial charge is 0.314 e. The Morgan fingerprint density at radius 2 is 1.93 bits per heavy atom. The number of allylic oxidation sites excluding steroid dienone is 1. The molecule has 1 N–H and O–H groups in total. The molecule has 2 aromatic heterocycles. The summed E-state index contributed by atoms with van der Waals surface area (Å²) in [7, 11) is 0. The molecule has 11 heteroatoms. The quantitative estimate of drug-likeness (QED) is 0.540. The molecule has 2 heterocycles. The molecule has 0 saturated heterocycles. The predicted molar refractivity (Wildman–Crippen MR) is 85.1 cm³/mol. The van der Waals surface area contributed by atoms with Crippen molar-refractivity contribution in [1.29, 1.82) is 0 Å². The molecule has 0 bridgehead atoms. The van der Waals surface area contributed by atoms with Crippen molar-refractivity contribution in [2.45, 2.75) is 13.3 Å². The molecule has 1 aromatic carbocycles. The second-order valence-electron chi connectivity index (χ2n) is 5.54. The van der Waals surface area contributed by atoms with E-state index in [1.165, 1.54) is 6.92 Å². The molecule has 142 valence electrons. The minimum absolute atomic E-state index is 0.0596. The van der Waals surface area contributed by atoms with Crippen LogP contribution in [-0.4, -0.2) is 32.6 Å². The summed E-state index contributed by atoms with van der Waals surface area (Å²) >= 11 is 0. The maximum Gasteiger partial charge on any atom is 0.314 e. The van der Waals surface area contributed by atoms with Gasteiger partial charge in [0.05, 0.1) is 5.69 Å². The van der Waals surface area contributed by atoms with Gasteiger partial charge >= 0.3 is 6.01 Å². The molecule has 0 fully saturated rings. The Labute approximate surface area is 147 Å². The fraction of sp³-hybridized carbons (Fsp3) is 0.188. The number of H-pyrrole nitrogens is 1. The Kier molecular flexibility index (Phi) is 4.68. The molecule has 0 atom stereocenters. The van der Waals surface area contributed by atoms with Crippen LogP contribution in [0.25, 0.3) is 22.5 Å². The maximum absolute atomic E-state index is 13.7. The lowest BCUT2D eigenvalue weighted by Crippen LogP contribution is -2.18. The first-order valence-electron chi connectivity index (χ1n) is 7.43. The van der Waals surface area contributed by atoms with Crippen molar-refractivity contribution < 1.29 is 26.7 Å². The standard InChI is InChI=1S/C16H11F5N4O2/c1-6(2)12-13(7-3-8(17)11(21)9(18)4-7)25-14(22-12)15(26)23-16(24-25)27-5-10(19)20/h3-4,10H,1,5H2,2H3,(H,23,24,26). The molecule has 6 nitrogen and oxygen atoms in total. The van der Waals surface area contributed by atoms with Crippen LogP contribution in [0.4, 0.5) is 22.0 Å². The first kappa shape index (κ1) is 18.5. The molecule has 0 spiro atoms. The zero-order valence-electron chi connectivity index (χ0n) is 13.7. The Hall–Kier alpha value is -3.24. The van der Waals surface area contributed by atoms with Gasteiger partial charge in [0.1, 0.15) is 5.69 Å². The van der Waals surface area contributed by atoms with Crippen molar-refractivity contribution in [3.63, 3.8) is 0 Å². The van der Waals surface area contributed by atoms with Gasteiger partial charge in [-0.3, -0.25) is 9.78 Å². The van der Waals surface area contributed by atoms with E-state index in [2.05, 4.69) is 26.4 Å². The molecule has 0 saturated carbocycles. The average Bonchev–Trinajstić information content (AvgIpc) is 2.97. The Morgan fingerprint density at radius 1 is 1.30 bits per heavy atom. The molecule has 0 radical (unpaired) electrons. The number of alkyl halides is 2. The molecule has 0 aliphatic rings. The molecule has 0 unspecified atom stereocenters. The van der Waals surface area contributed by atoms with E-state index in [9.17, 15) is 26.7 Å². The highest BCUT2D eigenvalue weighted by molar-refractivity contribution is 5.78. The Morgan fingerprint density at radius 3 is 2.48 bits per heavy atom. The summed E-state index contributed by atoms with van der Waals surface area (Å²) < 4.78 is 70.8. The van der Waals surface area contributed by atoms with Crippen molar-refractivity contribution >= 4 is 11.2 Å². The van der Waals surface area contributed by atoms with Gasteiger partial charge in [-0.2, -0.15) is 0 Å². The first-order chi connectivity index (χ1) is 12.7. The number of aromatic nitrogens is 4. The summed E-state index contributed by atoms with van der Waals surface area (Å²) in [5, 5.41) is 3.83. The van der Waals surface area contributed by atoms with E-state index in [1.807, 2.05) is 0 Å². The molecular formula is C16H11F5N4O2. The highest BCUT2D eigenvalue weighted by Crippen LogP contribution is 2.30. The van der Waals surface area contributed by atoms with E-state index in [4.69, 9.17) is 0 Å². The molecule has 0 amide bonds. The van der Waals surface area contributed by atoms with E-state index >= 15 is 0 Å². The second-order valence-corrected chi connectivity index (χ2v) is 5.54. The van der Waals surface area contributed by atoms with E-state index in [1.54, 1.807) is 0 Å². The maximum atomic E-state index is 13.7. The fourth-order valence-electron chi connectivity index (χ4n) is 2.38. The molecule has 3 aromatic rings. The van der Waals surface area contributed by atoms with Crippen LogP contribution in [-0.2, 0) is 0 Å². The number of aromatic amines is 1. The van der Waals surface area contributed by atoms with E-state index < -0.39 is 42.1 Å². The van der Waals surface area contributed by atoms with Crippen LogP contribution in [0.5, 0.6) is 6.01 Å². The van der Waals surface area contributed by atoms with Gasteiger partial charge in [-0.15, -0.1) is 5.10 Å². The van der Waals surface area contributed by atoms with Gasteiger partial charge in [-0.05, 0) is 24.6 Å². The van der Waals surface area contributed by atoms with Gasteiger partial charge in [-0.25, -0.2) is 31.5 Å². The van der Waals surface area contributed by atoms with Crippen molar-refractivity contribution in [2.75, 3.05) is 6.61 Å². The van der Waals surface area contributed by atoms with Crippen LogP contribution in [0.2, 0.25) is 0 Å². The van der Waals surface area contributed by atoms with Gasteiger partial charge in [0.2, 0.25) is 5.65 Å². The van der Waals surface area contributed by atoms with Crippen LogP contribution in [0, 0.1) is 17.5 Å². The third-order valence-electron chi connectivity index (χ3n) is 3.48. The number of benzene rings is 1. The molecule has 3 rings (SSSR count). The number of hydrogen-bond acceptors (Lipinski definition) is 4. The summed E-state index contributed by atoms with van der Waals surface area (Å²) in [6.45, 7) is 4.15. The summed E-state index contributed by atoms with van der Waals surface area (Å²) in [6, 6.07) is 0.830. The van der Waals surface area contributed by atoms with Crippen LogP contribution in [0.1, 0.15) is 12.6 Å². The third kappa shape index (κ3) is 3.39. The lowest BCUT2D eigenvalue weighted by molar-refractivity contribution is 0.0761. The van der Waals surface area contributed by atoms with Crippen LogP contribution in [0.3, 0.4) is 0 Å². The normalized spacial score (nSPS) is 11.4. The first-order valence-corrected chi connectivity index (χ1v) is 7.43. The van der Waals surface area contributed by atoms with Crippen molar-refractivity contribution in [3.8, 4) is 17.3 Å². The monoisotopic (exact) mass is 386 g/mol. The number of nitrogens with zero attached hydrogens (tertiary/aromatic N) is 3. The number of halogens is 5. The number of fused-ring (bicyclic) bond motifs is 1. The lowest BCUT2D eigenvalue weighted by atomic mass is 10.1. The number of hydrogen-bond donors (Lipinski definition) is 1. The molecule has 27 heavy (non-hydrogen) atoms. The predicted octanol–water partition coefficient (Wildman–Crippen LogP) is 3.18. The van der Waals surface area contributed by atoms with E-state index in [0.717, 1.165) is 4.52 Å². The topological polar surface area (TPSA) is 72.3 Å². The molecule has 0 aliphatic carbocycles. The van der Waals surface area contributed by atoms with Crippen LogP contribution < -0.4 is 10.3 Å². The van der Waals surface area contributed by atoms with Crippen LogP contribution in [0.15, 0.2) is 23.5 Å². The average molecular weight is 386 g/mol. The zero-order valence-corrected chi connectivity index (χ0v) is 13.7. The SMILES string of the molecule is C=C(C)c1nc2c(=O)[nH]c(OCC(F)F)nn2c1-c1cc(F)c(F)c(F)c1. The zero-order chi connectivity index (χ0) is 19.9. The number of imidazole rings is 1. The third-order valence-corrected chi connectivity index (χ3v) is 3.48. The van der Waals surface area contributed by atoms with Gasteiger partial charge < -0.3 is 4.74 Å². The minimum Gasteiger partial charge on any atom is -0.458 e. The number of ether oxygens (including phenoxy) is 1. The highest BCUT2D eigenvalue weighted by atomic mass is 19.3. The molecule has 0 aliphatic heterocycles. The second kappa shape index (κ2) is 6.82. The molecular weight excluding hydrogens is 375 g/mol. The highest BCUT2D eigenvalue weighted by Gasteiger charge is 2.22. The van der Waals surface area contributed by atoms with Gasteiger partial charge in [0, 0.05) is 5.56 Å². The summed E-state index contributed by atoms with van der Waals surface area (Å²) in [5.74, 6) is -4.60. The summed E-state index contributed by atoms with van der Waals surface area (Å²) in [5.41, 5.74) is -1.03. The summed E-state index contributed by atoms with van der Waals surface area (Å²) in [6.07, 6.45) is -2.82. The lowest BCUT2D eigenvalue weighted by Gasteiger charge is -2.08. The van der Waals surface area contributed by atoms with Crippen LogP contribution >= 0.6 is 0 Å². The van der Waals surface area contributed by atoms with Gasteiger partial charge in [-0.1, -0.05) is 6.58 Å². The fourth-order valence-corrected chi connectivity index (χ4v) is 2.38. The van der Waals surface area contributed by atoms with Crippen molar-refractivity contribution in [1.82, 2.24) is 19.6 Å². The largest absolute Gasteiger partial charge is 0.458 e. The van der Waals surface area contributed by atoms with Gasteiger partial charge in [0.25, 0.3) is 12.0 Å². The van der Waals surface area contributed by atoms with E-state index in [-0.39, 0.29) is 22.6 Å². The van der Waals surface area contributed by atoms with Gasteiger partial charge in [0.15, 0.2) is 24.1 Å². The Balaban J connectivity index is 2.30. The summed E-state index contributed by atoms with van der Waals surface area (Å²) in [4.78, 5) is 18.3. The minimum atomic E-state index is -2.82. The van der Waals surface area contributed by atoms with E-state index in [0.29, 0.717) is 17.7 Å². The van der Waals surface area contributed by atoms with Crippen molar-refractivity contribution in [3.05, 3.63) is 52.2 Å².